The van der Waals surface area contributed by atoms with E-state index >= 15 is 0 Å². The highest BCUT2D eigenvalue weighted by atomic mass is 16.5. The molecular formula is C17H23NO3. The maximum Gasteiger partial charge on any atom is 0.224 e. The molecule has 0 radical (unpaired) electrons. The fraction of sp³-hybridized carbons (Fsp3) is 0.471. The lowest BCUT2D eigenvalue weighted by molar-refractivity contribution is -0.120. The van der Waals surface area contributed by atoms with Gasteiger partial charge < -0.3 is 14.8 Å². The molecule has 0 heterocycles. The lowest BCUT2D eigenvalue weighted by Gasteiger charge is -2.14. The van der Waals surface area contributed by atoms with Crippen LogP contribution in [-0.2, 0) is 11.2 Å². The summed E-state index contributed by atoms with van der Waals surface area (Å²) < 4.78 is 10.4. The van der Waals surface area contributed by atoms with Crippen LogP contribution in [-0.4, -0.2) is 26.7 Å². The molecule has 0 bridgehead atoms. The summed E-state index contributed by atoms with van der Waals surface area (Å²) in [7, 11) is 3.19. The predicted octanol–water partition coefficient (Wildman–Crippen LogP) is 2.86. The molecule has 21 heavy (non-hydrogen) atoms. The normalized spacial score (nSPS) is 14.3. The van der Waals surface area contributed by atoms with Crippen LogP contribution < -0.4 is 14.8 Å². The average Bonchev–Trinajstić information content (AvgIpc) is 2.53. The van der Waals surface area contributed by atoms with Crippen molar-refractivity contribution in [3.05, 3.63) is 35.4 Å². The van der Waals surface area contributed by atoms with E-state index in [1.165, 1.54) is 18.4 Å². The molecule has 4 heteroatoms. The average molecular weight is 289 g/mol. The first-order valence-corrected chi connectivity index (χ1v) is 7.38. The Hall–Kier alpha value is -1.97. The number of methoxy groups -OCH3 is 2. The molecule has 1 N–H and O–H groups in total. The van der Waals surface area contributed by atoms with Crippen LogP contribution in [0.25, 0.3) is 0 Å². The Morgan fingerprint density at radius 3 is 2.67 bits per heavy atom. The maximum absolute atomic E-state index is 12.0. The third-order valence-corrected chi connectivity index (χ3v) is 3.71. The number of amides is 1. The molecule has 1 aromatic carbocycles. The largest absolute Gasteiger partial charge is 0.493 e. The molecule has 114 valence electrons. The molecule has 0 spiro atoms. The third kappa shape index (κ3) is 4.52. The van der Waals surface area contributed by atoms with Crippen molar-refractivity contribution in [1.82, 2.24) is 5.32 Å². The molecule has 0 atom stereocenters. The fourth-order valence-electron chi connectivity index (χ4n) is 2.52. The van der Waals surface area contributed by atoms with E-state index in [1.807, 2.05) is 18.2 Å². The Balaban J connectivity index is 1.88. The first-order valence-electron chi connectivity index (χ1n) is 7.38. The molecule has 1 amide bonds. The van der Waals surface area contributed by atoms with Crippen LogP contribution in [0.15, 0.2) is 29.8 Å². The zero-order valence-corrected chi connectivity index (χ0v) is 12.8. The Kier molecular flexibility index (Phi) is 5.67. The predicted molar refractivity (Wildman–Crippen MR) is 82.8 cm³/mol. The van der Waals surface area contributed by atoms with E-state index in [2.05, 4.69) is 11.4 Å². The third-order valence-electron chi connectivity index (χ3n) is 3.71. The number of ether oxygens (including phenoxy) is 2. The summed E-state index contributed by atoms with van der Waals surface area (Å²) >= 11 is 0. The van der Waals surface area contributed by atoms with E-state index in [4.69, 9.17) is 9.47 Å². The monoisotopic (exact) mass is 289 g/mol. The van der Waals surface area contributed by atoms with Gasteiger partial charge in [-0.25, -0.2) is 0 Å². The smallest absolute Gasteiger partial charge is 0.224 e. The second-order valence-corrected chi connectivity index (χ2v) is 5.25. The van der Waals surface area contributed by atoms with E-state index in [9.17, 15) is 4.79 Å². The van der Waals surface area contributed by atoms with Crippen LogP contribution in [0.3, 0.4) is 0 Å². The van der Waals surface area contributed by atoms with Crippen molar-refractivity contribution in [3.8, 4) is 11.5 Å². The van der Waals surface area contributed by atoms with Crippen LogP contribution >= 0.6 is 0 Å². The zero-order chi connectivity index (χ0) is 15.1. The van der Waals surface area contributed by atoms with Gasteiger partial charge >= 0.3 is 0 Å². The lowest BCUT2D eigenvalue weighted by atomic mass is 9.99. The van der Waals surface area contributed by atoms with Crippen molar-refractivity contribution in [1.29, 1.82) is 0 Å². The van der Waals surface area contributed by atoms with Gasteiger partial charge in [-0.05, 0) is 43.4 Å². The summed E-state index contributed by atoms with van der Waals surface area (Å²) in [6.07, 6.45) is 7.35. The number of allylic oxidation sites excluding steroid dienone is 1. The molecule has 0 unspecified atom stereocenters. The van der Waals surface area contributed by atoms with E-state index in [1.54, 1.807) is 14.2 Å². The Bertz CT molecular complexity index is 523. The van der Waals surface area contributed by atoms with Gasteiger partial charge in [0.2, 0.25) is 5.91 Å². The zero-order valence-electron chi connectivity index (χ0n) is 12.8. The molecule has 0 aliphatic heterocycles. The van der Waals surface area contributed by atoms with Crippen LogP contribution in [0, 0.1) is 0 Å². The number of hydrogen-bond acceptors (Lipinski definition) is 3. The van der Waals surface area contributed by atoms with E-state index in [0.29, 0.717) is 24.5 Å². The van der Waals surface area contributed by atoms with E-state index in [0.717, 1.165) is 18.4 Å². The maximum atomic E-state index is 12.0. The minimum absolute atomic E-state index is 0.0358. The number of nitrogens with one attached hydrogen (secondary N) is 1. The number of benzene rings is 1. The number of hydrogen-bond donors (Lipinski definition) is 1. The highest BCUT2D eigenvalue weighted by Crippen LogP contribution is 2.27. The van der Waals surface area contributed by atoms with Crippen molar-refractivity contribution in [2.45, 2.75) is 32.1 Å². The minimum atomic E-state index is 0.0358. The van der Waals surface area contributed by atoms with Crippen molar-refractivity contribution in [2.75, 3.05) is 20.8 Å². The first-order chi connectivity index (χ1) is 10.2. The van der Waals surface area contributed by atoms with Gasteiger partial charge in [-0.1, -0.05) is 17.7 Å². The summed E-state index contributed by atoms with van der Waals surface area (Å²) in [5, 5.41) is 2.99. The highest BCUT2D eigenvalue weighted by Gasteiger charge is 2.09. The molecule has 2 rings (SSSR count). The second kappa shape index (κ2) is 7.72. The summed E-state index contributed by atoms with van der Waals surface area (Å²) in [5.74, 6) is 1.36. The Morgan fingerprint density at radius 2 is 2.00 bits per heavy atom. The number of carbonyl (C=O) groups is 1. The molecule has 1 aliphatic carbocycles. The van der Waals surface area contributed by atoms with Crippen molar-refractivity contribution >= 4 is 5.91 Å². The second-order valence-electron chi connectivity index (χ2n) is 5.25. The molecule has 0 saturated heterocycles. The van der Waals surface area contributed by atoms with Gasteiger partial charge in [0.05, 0.1) is 20.6 Å². The first kappa shape index (κ1) is 15.4. The SMILES string of the molecule is COc1ccc(CC(=O)NCC2=CCCCC2)cc1OC. The Morgan fingerprint density at radius 1 is 1.19 bits per heavy atom. The molecular weight excluding hydrogens is 266 g/mol. The van der Waals surface area contributed by atoms with Crippen molar-refractivity contribution in [3.63, 3.8) is 0 Å². The van der Waals surface area contributed by atoms with Crippen LogP contribution in [0.1, 0.15) is 31.2 Å². The summed E-state index contributed by atoms with van der Waals surface area (Å²) in [6, 6.07) is 5.56. The molecule has 4 nitrogen and oxygen atoms in total. The van der Waals surface area contributed by atoms with Gasteiger partial charge in [-0.2, -0.15) is 0 Å². The van der Waals surface area contributed by atoms with Gasteiger partial charge in [0.1, 0.15) is 0 Å². The van der Waals surface area contributed by atoms with Crippen LogP contribution in [0.4, 0.5) is 0 Å². The molecule has 1 aliphatic rings. The quantitative estimate of drug-likeness (QED) is 0.819. The van der Waals surface area contributed by atoms with Crippen LogP contribution in [0.5, 0.6) is 11.5 Å². The summed E-state index contributed by atoms with van der Waals surface area (Å²) in [4.78, 5) is 12.0. The summed E-state index contributed by atoms with van der Waals surface area (Å²) in [5.41, 5.74) is 2.27. The topological polar surface area (TPSA) is 47.6 Å². The fourth-order valence-corrected chi connectivity index (χ4v) is 2.52. The molecule has 0 saturated carbocycles. The number of rotatable bonds is 6. The van der Waals surface area contributed by atoms with Gasteiger partial charge in [0.25, 0.3) is 0 Å². The van der Waals surface area contributed by atoms with Crippen LogP contribution in [0.2, 0.25) is 0 Å². The highest BCUT2D eigenvalue weighted by molar-refractivity contribution is 5.79. The summed E-state index contributed by atoms with van der Waals surface area (Å²) in [6.45, 7) is 0.673. The van der Waals surface area contributed by atoms with Gasteiger partial charge in [0.15, 0.2) is 11.5 Å². The molecule has 0 fully saturated rings. The van der Waals surface area contributed by atoms with Gasteiger partial charge in [-0.3, -0.25) is 4.79 Å². The van der Waals surface area contributed by atoms with Crippen molar-refractivity contribution < 1.29 is 14.3 Å². The Labute approximate surface area is 126 Å². The molecule has 0 aromatic heterocycles. The van der Waals surface area contributed by atoms with Gasteiger partial charge in [-0.15, -0.1) is 0 Å². The molecule has 1 aromatic rings. The van der Waals surface area contributed by atoms with E-state index < -0.39 is 0 Å². The van der Waals surface area contributed by atoms with Crippen molar-refractivity contribution in [2.24, 2.45) is 0 Å². The standard InChI is InChI=1S/C17H23NO3/c1-20-15-9-8-14(10-16(15)21-2)11-17(19)18-12-13-6-4-3-5-7-13/h6,8-10H,3-5,7,11-12H2,1-2H3,(H,18,19). The lowest BCUT2D eigenvalue weighted by Crippen LogP contribution is -2.27. The number of carbonyl (C=O) groups excluding carboxylic acids is 1. The van der Waals surface area contributed by atoms with E-state index in [-0.39, 0.29) is 5.91 Å². The minimum Gasteiger partial charge on any atom is -0.493 e. The van der Waals surface area contributed by atoms with Gasteiger partial charge in [0, 0.05) is 6.54 Å².